The number of aryl methyl sites for hydroxylation is 1. The maximum Gasteiger partial charge on any atom is 0.115 e. The van der Waals surface area contributed by atoms with E-state index in [1.54, 1.807) is 16.8 Å². The first-order chi connectivity index (χ1) is 6.25. The van der Waals surface area contributed by atoms with Crippen LogP contribution in [-0.2, 0) is 7.05 Å². The third-order valence-corrected chi connectivity index (χ3v) is 1.88. The molecule has 1 heterocycles. The number of phenols is 1. The molecule has 1 aromatic heterocycles. The molecule has 0 atom stereocenters. The van der Waals surface area contributed by atoms with Gasteiger partial charge in [0.15, 0.2) is 0 Å². The van der Waals surface area contributed by atoms with Crippen molar-refractivity contribution in [3.8, 4) is 17.0 Å². The van der Waals surface area contributed by atoms with Crippen LogP contribution < -0.4 is 0 Å². The van der Waals surface area contributed by atoms with Crippen LogP contribution in [0.15, 0.2) is 36.5 Å². The zero-order valence-corrected chi connectivity index (χ0v) is 7.31. The molecule has 66 valence electrons. The predicted octanol–water partition coefficient (Wildman–Crippen LogP) is 1.79. The summed E-state index contributed by atoms with van der Waals surface area (Å²) >= 11 is 0. The van der Waals surface area contributed by atoms with E-state index in [1.165, 1.54) is 0 Å². The number of aromatic nitrogens is 2. The number of benzene rings is 1. The summed E-state index contributed by atoms with van der Waals surface area (Å²) in [6, 6.07) is 8.94. The summed E-state index contributed by atoms with van der Waals surface area (Å²) in [5.74, 6) is 0.277. The van der Waals surface area contributed by atoms with Crippen LogP contribution in [0.3, 0.4) is 0 Å². The maximum absolute atomic E-state index is 9.08. The number of nitrogens with zero attached hydrogens (tertiary/aromatic N) is 2. The van der Waals surface area contributed by atoms with E-state index in [0.717, 1.165) is 11.3 Å². The zero-order chi connectivity index (χ0) is 9.26. The highest BCUT2D eigenvalue weighted by Crippen LogP contribution is 2.19. The Balaban J connectivity index is 2.41. The summed E-state index contributed by atoms with van der Waals surface area (Å²) in [4.78, 5) is 0. The van der Waals surface area contributed by atoms with Gasteiger partial charge in [0.25, 0.3) is 0 Å². The van der Waals surface area contributed by atoms with Crippen LogP contribution >= 0.6 is 0 Å². The summed E-state index contributed by atoms with van der Waals surface area (Å²) < 4.78 is 1.75. The summed E-state index contributed by atoms with van der Waals surface area (Å²) in [6.07, 6.45) is 1.89. The molecule has 2 rings (SSSR count). The largest absolute Gasteiger partial charge is 0.508 e. The van der Waals surface area contributed by atoms with Crippen molar-refractivity contribution in [3.05, 3.63) is 36.5 Å². The molecular weight excluding hydrogens is 164 g/mol. The van der Waals surface area contributed by atoms with Gasteiger partial charge in [-0.2, -0.15) is 5.10 Å². The second kappa shape index (κ2) is 2.94. The Morgan fingerprint density at radius 3 is 2.38 bits per heavy atom. The lowest BCUT2D eigenvalue weighted by Gasteiger charge is -1.95. The summed E-state index contributed by atoms with van der Waals surface area (Å²) in [6.45, 7) is 0. The highest BCUT2D eigenvalue weighted by Gasteiger charge is 1.99. The molecule has 1 N–H and O–H groups in total. The van der Waals surface area contributed by atoms with Gasteiger partial charge in [0, 0.05) is 18.8 Å². The van der Waals surface area contributed by atoms with Gasteiger partial charge in [-0.25, -0.2) is 0 Å². The molecule has 0 saturated carbocycles. The average Bonchev–Trinajstić information content (AvgIpc) is 2.53. The lowest BCUT2D eigenvalue weighted by Crippen LogP contribution is -1.87. The fourth-order valence-corrected chi connectivity index (χ4v) is 1.20. The molecule has 0 aliphatic carbocycles. The lowest BCUT2D eigenvalue weighted by molar-refractivity contribution is 0.475. The molecule has 0 aliphatic heterocycles. The van der Waals surface area contributed by atoms with Gasteiger partial charge in [-0.05, 0) is 30.3 Å². The van der Waals surface area contributed by atoms with E-state index in [4.69, 9.17) is 5.11 Å². The van der Waals surface area contributed by atoms with Gasteiger partial charge < -0.3 is 5.11 Å². The normalized spacial score (nSPS) is 10.2. The van der Waals surface area contributed by atoms with Crippen molar-refractivity contribution in [3.63, 3.8) is 0 Å². The molecule has 13 heavy (non-hydrogen) atoms. The molecule has 3 heteroatoms. The fraction of sp³-hybridized carbons (Fsp3) is 0.100. The summed E-state index contributed by atoms with van der Waals surface area (Å²) in [7, 11) is 1.88. The molecule has 2 aromatic rings. The molecule has 0 unspecified atom stereocenters. The standard InChI is InChI=1S/C10H10N2O/c1-12-7-6-10(11-12)8-2-4-9(13)5-3-8/h2-7,13H,1H3. The van der Waals surface area contributed by atoms with E-state index in [-0.39, 0.29) is 5.75 Å². The number of hydrogen-bond donors (Lipinski definition) is 1. The second-order valence-corrected chi connectivity index (χ2v) is 2.92. The monoisotopic (exact) mass is 174 g/mol. The lowest BCUT2D eigenvalue weighted by atomic mass is 10.1. The van der Waals surface area contributed by atoms with E-state index in [2.05, 4.69) is 5.10 Å². The Morgan fingerprint density at radius 1 is 1.15 bits per heavy atom. The van der Waals surface area contributed by atoms with Crippen molar-refractivity contribution in [1.29, 1.82) is 0 Å². The third-order valence-electron chi connectivity index (χ3n) is 1.88. The zero-order valence-electron chi connectivity index (χ0n) is 7.31. The molecule has 0 radical (unpaired) electrons. The summed E-state index contributed by atoms with van der Waals surface area (Å²) in [5.41, 5.74) is 1.93. The van der Waals surface area contributed by atoms with Crippen molar-refractivity contribution >= 4 is 0 Å². The molecule has 0 aliphatic rings. The number of hydrogen-bond acceptors (Lipinski definition) is 2. The molecule has 0 saturated heterocycles. The first kappa shape index (κ1) is 7.86. The van der Waals surface area contributed by atoms with Crippen molar-refractivity contribution in [1.82, 2.24) is 9.78 Å². The van der Waals surface area contributed by atoms with Crippen LogP contribution in [-0.4, -0.2) is 14.9 Å². The van der Waals surface area contributed by atoms with Gasteiger partial charge in [-0.3, -0.25) is 4.68 Å². The number of aromatic hydroxyl groups is 1. The van der Waals surface area contributed by atoms with E-state index in [0.29, 0.717) is 0 Å². The molecule has 3 nitrogen and oxygen atoms in total. The van der Waals surface area contributed by atoms with Gasteiger partial charge in [-0.1, -0.05) is 0 Å². The highest BCUT2D eigenvalue weighted by atomic mass is 16.3. The Kier molecular flexibility index (Phi) is 1.77. The molecule has 0 bridgehead atoms. The molecule has 0 spiro atoms. The SMILES string of the molecule is Cn1ccc(-c2ccc(O)cc2)n1. The highest BCUT2D eigenvalue weighted by molar-refractivity contribution is 5.59. The average molecular weight is 174 g/mol. The van der Waals surface area contributed by atoms with E-state index in [1.807, 2.05) is 31.4 Å². The van der Waals surface area contributed by atoms with Crippen molar-refractivity contribution < 1.29 is 5.11 Å². The first-order valence-electron chi connectivity index (χ1n) is 4.05. The number of rotatable bonds is 1. The maximum atomic E-state index is 9.08. The van der Waals surface area contributed by atoms with Gasteiger partial charge in [0.05, 0.1) is 5.69 Å². The van der Waals surface area contributed by atoms with Crippen LogP contribution in [0.2, 0.25) is 0 Å². The summed E-state index contributed by atoms with van der Waals surface area (Å²) in [5, 5.41) is 13.3. The smallest absolute Gasteiger partial charge is 0.115 e. The fourth-order valence-electron chi connectivity index (χ4n) is 1.20. The molecule has 1 aromatic carbocycles. The van der Waals surface area contributed by atoms with E-state index < -0.39 is 0 Å². The van der Waals surface area contributed by atoms with Gasteiger partial charge in [-0.15, -0.1) is 0 Å². The minimum absolute atomic E-state index is 0.277. The molecule has 0 fully saturated rings. The minimum atomic E-state index is 0.277. The quantitative estimate of drug-likeness (QED) is 0.715. The molecule has 0 amide bonds. The van der Waals surface area contributed by atoms with Crippen molar-refractivity contribution in [2.75, 3.05) is 0 Å². The van der Waals surface area contributed by atoms with E-state index >= 15 is 0 Å². The third kappa shape index (κ3) is 1.54. The van der Waals surface area contributed by atoms with Gasteiger partial charge in [0.1, 0.15) is 5.75 Å². The second-order valence-electron chi connectivity index (χ2n) is 2.92. The predicted molar refractivity (Wildman–Crippen MR) is 50.3 cm³/mol. The molecular formula is C10H10N2O. The van der Waals surface area contributed by atoms with E-state index in [9.17, 15) is 0 Å². The Morgan fingerprint density at radius 2 is 1.85 bits per heavy atom. The van der Waals surface area contributed by atoms with Crippen LogP contribution in [0.25, 0.3) is 11.3 Å². The topological polar surface area (TPSA) is 38.0 Å². The van der Waals surface area contributed by atoms with Crippen LogP contribution in [0.4, 0.5) is 0 Å². The van der Waals surface area contributed by atoms with Crippen LogP contribution in [0.5, 0.6) is 5.75 Å². The van der Waals surface area contributed by atoms with Crippen molar-refractivity contribution in [2.45, 2.75) is 0 Å². The van der Waals surface area contributed by atoms with Crippen molar-refractivity contribution in [2.24, 2.45) is 7.05 Å². The first-order valence-corrected chi connectivity index (χ1v) is 4.05. The van der Waals surface area contributed by atoms with Crippen LogP contribution in [0, 0.1) is 0 Å². The van der Waals surface area contributed by atoms with Crippen LogP contribution in [0.1, 0.15) is 0 Å². The van der Waals surface area contributed by atoms with Gasteiger partial charge in [0.2, 0.25) is 0 Å². The Bertz CT molecular complexity index is 403. The van der Waals surface area contributed by atoms with Gasteiger partial charge >= 0.3 is 0 Å². The Labute approximate surface area is 76.3 Å². The Hall–Kier alpha value is -1.77. The minimum Gasteiger partial charge on any atom is -0.508 e. The number of phenolic OH excluding ortho intramolecular Hbond substituents is 1.